The van der Waals surface area contributed by atoms with Gasteiger partial charge in [0.05, 0.1) is 17.2 Å². The van der Waals surface area contributed by atoms with Gasteiger partial charge in [-0.05, 0) is 59.2 Å². The number of non-ortho nitro benzene ring substituents is 1. The van der Waals surface area contributed by atoms with Crippen LogP contribution in [0.3, 0.4) is 0 Å². The van der Waals surface area contributed by atoms with Gasteiger partial charge in [-0.1, -0.05) is 55.8 Å². The number of barbiturate groups is 1. The van der Waals surface area contributed by atoms with Gasteiger partial charge in [0.1, 0.15) is 23.7 Å². The largest absolute Gasteiger partial charge is 0.494 e. The van der Waals surface area contributed by atoms with Gasteiger partial charge in [-0.25, -0.2) is 9.69 Å². The van der Waals surface area contributed by atoms with Gasteiger partial charge in [-0.3, -0.25) is 25.0 Å². The lowest BCUT2D eigenvalue weighted by Crippen LogP contribution is -2.54. The SMILES string of the molecule is CCCCOc1ccc(N2C(=O)NC(=O)/C(=C/c3c(OCc4cccc([N+](=O)[O-])c4)ccc4ccccc34)C2=O)cc1. The van der Waals surface area contributed by atoms with Crippen LogP contribution in [-0.2, 0) is 16.2 Å². The third-order valence-corrected chi connectivity index (χ3v) is 6.70. The third kappa shape index (κ3) is 5.97. The summed E-state index contributed by atoms with van der Waals surface area (Å²) in [7, 11) is 0. The Hall–Kier alpha value is -5.51. The van der Waals surface area contributed by atoms with Crippen molar-refractivity contribution < 1.29 is 28.8 Å². The number of imide groups is 2. The van der Waals surface area contributed by atoms with E-state index in [1.807, 2.05) is 30.3 Å². The topological polar surface area (TPSA) is 128 Å². The number of benzene rings is 4. The van der Waals surface area contributed by atoms with Crippen LogP contribution < -0.4 is 19.7 Å². The van der Waals surface area contributed by atoms with E-state index < -0.39 is 22.8 Å². The van der Waals surface area contributed by atoms with E-state index in [0.717, 1.165) is 23.1 Å². The Morgan fingerprint density at radius 3 is 2.48 bits per heavy atom. The number of nitro groups is 1. The Bertz CT molecular complexity index is 1710. The standard InChI is InChI=1S/C32H27N3O7/c1-2-3-17-41-25-14-12-23(13-15-25)34-31(37)28(30(36)33-32(34)38)19-27-26-10-5-4-8-22(26)11-16-29(27)42-20-21-7-6-9-24(18-21)35(39)40/h4-16,18-19H,2-3,17,20H2,1H3,(H,33,36,38)/b28-19-. The number of rotatable bonds is 10. The molecular weight excluding hydrogens is 538 g/mol. The Morgan fingerprint density at radius 2 is 1.71 bits per heavy atom. The first kappa shape index (κ1) is 28.0. The monoisotopic (exact) mass is 565 g/mol. The summed E-state index contributed by atoms with van der Waals surface area (Å²) in [5.41, 5.74) is 0.979. The molecule has 1 fully saturated rings. The van der Waals surface area contributed by atoms with Crippen LogP contribution >= 0.6 is 0 Å². The van der Waals surface area contributed by atoms with Crippen molar-refractivity contribution >= 4 is 46.1 Å². The number of carbonyl (C=O) groups excluding carboxylic acids is 3. The van der Waals surface area contributed by atoms with Crippen molar-refractivity contribution in [3.8, 4) is 11.5 Å². The van der Waals surface area contributed by atoms with Crippen LogP contribution in [-0.4, -0.2) is 29.4 Å². The number of nitrogens with zero attached hydrogens (tertiary/aromatic N) is 2. The van der Waals surface area contributed by atoms with Crippen molar-refractivity contribution in [2.75, 3.05) is 11.5 Å². The summed E-state index contributed by atoms with van der Waals surface area (Å²) in [5.74, 6) is -0.671. The van der Waals surface area contributed by atoms with Crippen LogP contribution in [0.15, 0.2) is 90.5 Å². The molecule has 1 aliphatic rings. The molecule has 1 saturated heterocycles. The van der Waals surface area contributed by atoms with E-state index >= 15 is 0 Å². The zero-order chi connectivity index (χ0) is 29.6. The second kappa shape index (κ2) is 12.3. The zero-order valence-electron chi connectivity index (χ0n) is 22.7. The molecule has 0 bridgehead atoms. The molecule has 0 unspecified atom stereocenters. The quantitative estimate of drug-likeness (QED) is 0.0800. The van der Waals surface area contributed by atoms with Gasteiger partial charge in [0.15, 0.2) is 0 Å². The lowest BCUT2D eigenvalue weighted by molar-refractivity contribution is -0.384. The lowest BCUT2D eigenvalue weighted by Gasteiger charge is -2.26. The van der Waals surface area contributed by atoms with Crippen LogP contribution in [0.5, 0.6) is 11.5 Å². The van der Waals surface area contributed by atoms with Crippen LogP contribution in [0.1, 0.15) is 30.9 Å². The number of fused-ring (bicyclic) bond motifs is 1. The fraction of sp³-hybridized carbons (Fsp3) is 0.156. The zero-order valence-corrected chi connectivity index (χ0v) is 22.7. The minimum Gasteiger partial charge on any atom is -0.494 e. The summed E-state index contributed by atoms with van der Waals surface area (Å²) < 4.78 is 11.7. The van der Waals surface area contributed by atoms with Gasteiger partial charge in [0.2, 0.25) is 0 Å². The maximum absolute atomic E-state index is 13.6. The number of hydrogen-bond acceptors (Lipinski definition) is 7. The summed E-state index contributed by atoms with van der Waals surface area (Å²) in [6.45, 7) is 2.62. The van der Waals surface area contributed by atoms with Crippen LogP contribution in [0.2, 0.25) is 0 Å². The van der Waals surface area contributed by atoms with Crippen LogP contribution in [0, 0.1) is 10.1 Å². The maximum atomic E-state index is 13.6. The van der Waals surface area contributed by atoms with Gasteiger partial charge < -0.3 is 9.47 Å². The van der Waals surface area contributed by atoms with E-state index in [0.29, 0.717) is 34.6 Å². The molecule has 0 saturated carbocycles. The Kier molecular flexibility index (Phi) is 8.24. The molecule has 4 amide bonds. The molecule has 0 radical (unpaired) electrons. The second-order valence-electron chi connectivity index (χ2n) is 9.57. The first-order valence-corrected chi connectivity index (χ1v) is 13.4. The number of amides is 4. The number of carbonyl (C=O) groups is 3. The van der Waals surface area contributed by atoms with E-state index in [2.05, 4.69) is 12.2 Å². The number of nitrogens with one attached hydrogen (secondary N) is 1. The molecule has 4 aromatic carbocycles. The van der Waals surface area contributed by atoms with Crippen molar-refractivity contribution in [3.63, 3.8) is 0 Å². The molecular formula is C32H27N3O7. The number of unbranched alkanes of at least 4 members (excludes halogenated alkanes) is 1. The summed E-state index contributed by atoms with van der Waals surface area (Å²) in [6, 6.07) is 22.6. The average molecular weight is 566 g/mol. The van der Waals surface area contributed by atoms with Gasteiger partial charge >= 0.3 is 6.03 Å². The van der Waals surface area contributed by atoms with Crippen molar-refractivity contribution in [1.29, 1.82) is 0 Å². The number of ether oxygens (including phenoxy) is 2. The maximum Gasteiger partial charge on any atom is 0.335 e. The van der Waals surface area contributed by atoms with E-state index in [4.69, 9.17) is 9.47 Å². The normalized spacial score (nSPS) is 14.3. The number of hydrogen-bond donors (Lipinski definition) is 1. The summed E-state index contributed by atoms with van der Waals surface area (Å²) in [4.78, 5) is 50.9. The van der Waals surface area contributed by atoms with E-state index in [1.165, 1.54) is 18.2 Å². The summed E-state index contributed by atoms with van der Waals surface area (Å²) in [6.07, 6.45) is 3.29. The molecule has 0 aromatic heterocycles. The van der Waals surface area contributed by atoms with E-state index in [-0.39, 0.29) is 23.6 Å². The lowest BCUT2D eigenvalue weighted by atomic mass is 9.99. The molecule has 0 aliphatic carbocycles. The second-order valence-corrected chi connectivity index (χ2v) is 9.57. The van der Waals surface area contributed by atoms with Gasteiger partial charge in [-0.2, -0.15) is 0 Å². The minimum atomic E-state index is -0.859. The highest BCUT2D eigenvalue weighted by Gasteiger charge is 2.37. The Balaban J connectivity index is 1.49. The van der Waals surface area contributed by atoms with Crippen molar-refractivity contribution in [2.45, 2.75) is 26.4 Å². The number of nitro benzene ring substituents is 1. The predicted molar refractivity (Wildman–Crippen MR) is 157 cm³/mol. The smallest absolute Gasteiger partial charge is 0.335 e. The van der Waals surface area contributed by atoms with Gasteiger partial charge in [0, 0.05) is 17.7 Å². The van der Waals surface area contributed by atoms with E-state index in [9.17, 15) is 24.5 Å². The van der Waals surface area contributed by atoms with Crippen molar-refractivity contribution in [2.24, 2.45) is 0 Å². The molecule has 212 valence electrons. The fourth-order valence-corrected chi connectivity index (χ4v) is 4.53. The summed E-state index contributed by atoms with van der Waals surface area (Å²) in [5, 5.41) is 15.0. The predicted octanol–water partition coefficient (Wildman–Crippen LogP) is 6.17. The Labute approximate surface area is 241 Å². The molecule has 0 spiro atoms. The van der Waals surface area contributed by atoms with Gasteiger partial charge in [-0.15, -0.1) is 0 Å². The van der Waals surface area contributed by atoms with E-state index in [1.54, 1.807) is 42.5 Å². The van der Waals surface area contributed by atoms with Gasteiger partial charge in [0.25, 0.3) is 17.5 Å². The molecule has 1 N–H and O–H groups in total. The molecule has 4 aromatic rings. The molecule has 10 nitrogen and oxygen atoms in total. The minimum absolute atomic E-state index is 0.00756. The summed E-state index contributed by atoms with van der Waals surface area (Å²) >= 11 is 0. The first-order valence-electron chi connectivity index (χ1n) is 13.4. The average Bonchev–Trinajstić information content (AvgIpc) is 2.99. The highest BCUT2D eigenvalue weighted by Crippen LogP contribution is 2.33. The van der Waals surface area contributed by atoms with Crippen molar-refractivity contribution in [1.82, 2.24) is 5.32 Å². The number of anilines is 1. The third-order valence-electron chi connectivity index (χ3n) is 6.70. The highest BCUT2D eigenvalue weighted by atomic mass is 16.6. The molecule has 10 heteroatoms. The fourth-order valence-electron chi connectivity index (χ4n) is 4.53. The highest BCUT2D eigenvalue weighted by molar-refractivity contribution is 6.39. The molecule has 1 aliphatic heterocycles. The molecule has 1 heterocycles. The van der Waals surface area contributed by atoms with Crippen LogP contribution in [0.25, 0.3) is 16.8 Å². The molecule has 5 rings (SSSR count). The van der Waals surface area contributed by atoms with Crippen molar-refractivity contribution in [3.05, 3.63) is 112 Å². The Morgan fingerprint density at radius 1 is 0.929 bits per heavy atom. The number of urea groups is 1. The van der Waals surface area contributed by atoms with Crippen LogP contribution in [0.4, 0.5) is 16.2 Å². The first-order chi connectivity index (χ1) is 20.4. The molecule has 0 atom stereocenters. The molecule has 42 heavy (non-hydrogen) atoms.